The zero-order valence-corrected chi connectivity index (χ0v) is 16.0. The molecule has 1 aromatic rings. The summed E-state index contributed by atoms with van der Waals surface area (Å²) in [5.74, 6) is -0.0982. The topological polar surface area (TPSA) is 87.7 Å². The van der Waals surface area contributed by atoms with Crippen molar-refractivity contribution in [1.29, 1.82) is 0 Å². The maximum atomic E-state index is 12.3. The van der Waals surface area contributed by atoms with Gasteiger partial charge in [-0.2, -0.15) is 0 Å². The van der Waals surface area contributed by atoms with E-state index in [1.807, 2.05) is 0 Å². The highest BCUT2D eigenvalue weighted by molar-refractivity contribution is 7.89. The lowest BCUT2D eigenvalue weighted by Crippen LogP contribution is -2.40. The molecule has 2 rings (SSSR count). The first-order valence-corrected chi connectivity index (χ1v) is 9.70. The molecule has 0 aliphatic carbocycles. The normalized spacial score (nSPS) is 14.8. The van der Waals surface area contributed by atoms with E-state index in [-0.39, 0.29) is 23.2 Å². The second kappa shape index (κ2) is 10.7. The Morgan fingerprint density at radius 2 is 1.76 bits per heavy atom. The zero-order chi connectivity index (χ0) is 17.4. The fraction of sp³-hybridized carbons (Fsp3) is 0.562. The Morgan fingerprint density at radius 3 is 2.36 bits per heavy atom. The van der Waals surface area contributed by atoms with E-state index in [1.54, 1.807) is 17.0 Å². The van der Waals surface area contributed by atoms with Gasteiger partial charge < -0.3 is 15.0 Å². The third-order valence-corrected chi connectivity index (χ3v) is 5.21. The minimum Gasteiger partial charge on any atom is -0.378 e. The van der Waals surface area contributed by atoms with Gasteiger partial charge in [0.25, 0.3) is 5.91 Å². The second-order valence-corrected chi connectivity index (χ2v) is 7.34. The monoisotopic (exact) mass is 391 g/mol. The molecule has 1 aliphatic heterocycles. The number of hydrogen-bond acceptors (Lipinski definition) is 5. The number of benzene rings is 1. The van der Waals surface area contributed by atoms with Gasteiger partial charge in [0.05, 0.1) is 18.1 Å². The summed E-state index contributed by atoms with van der Waals surface area (Å²) in [6.07, 6.45) is 1.01. The molecule has 1 heterocycles. The highest BCUT2D eigenvalue weighted by Gasteiger charge is 2.19. The zero-order valence-electron chi connectivity index (χ0n) is 14.4. The van der Waals surface area contributed by atoms with Crippen LogP contribution < -0.4 is 10.0 Å². The molecule has 2 N–H and O–H groups in total. The molecule has 0 unspecified atom stereocenters. The predicted molar refractivity (Wildman–Crippen MR) is 98.8 cm³/mol. The largest absolute Gasteiger partial charge is 0.378 e. The van der Waals surface area contributed by atoms with Crippen LogP contribution in [0.2, 0.25) is 0 Å². The van der Waals surface area contributed by atoms with Crippen LogP contribution in [0.5, 0.6) is 0 Å². The van der Waals surface area contributed by atoms with Crippen molar-refractivity contribution in [2.24, 2.45) is 0 Å². The standard InChI is InChI=1S/C16H25N3O4S.ClH/c1-2-7-17-8-9-18-24(21,22)15-5-3-14(4-6-15)16(20)19-10-12-23-13-11-19;/h3-6,17-18H,2,7-13H2,1H3;1H. The summed E-state index contributed by atoms with van der Waals surface area (Å²) in [7, 11) is -3.55. The number of sulfonamides is 1. The van der Waals surface area contributed by atoms with Crippen molar-refractivity contribution in [2.75, 3.05) is 45.9 Å². The van der Waals surface area contributed by atoms with E-state index >= 15 is 0 Å². The van der Waals surface area contributed by atoms with Crippen molar-refractivity contribution in [3.63, 3.8) is 0 Å². The number of amides is 1. The van der Waals surface area contributed by atoms with Gasteiger partial charge in [0.1, 0.15) is 0 Å². The van der Waals surface area contributed by atoms with E-state index in [9.17, 15) is 13.2 Å². The smallest absolute Gasteiger partial charge is 0.254 e. The highest BCUT2D eigenvalue weighted by atomic mass is 35.5. The number of hydrogen-bond donors (Lipinski definition) is 2. The first-order valence-electron chi connectivity index (χ1n) is 8.22. The highest BCUT2D eigenvalue weighted by Crippen LogP contribution is 2.13. The molecular formula is C16H26ClN3O4S. The van der Waals surface area contributed by atoms with Crippen molar-refractivity contribution in [1.82, 2.24) is 14.9 Å². The number of ether oxygens (including phenoxy) is 1. The van der Waals surface area contributed by atoms with E-state index in [2.05, 4.69) is 17.0 Å². The Bertz CT molecular complexity index is 631. The number of nitrogens with zero attached hydrogens (tertiary/aromatic N) is 1. The van der Waals surface area contributed by atoms with E-state index in [0.29, 0.717) is 45.0 Å². The summed E-state index contributed by atoms with van der Waals surface area (Å²) in [5.41, 5.74) is 0.487. The number of rotatable bonds is 8. The molecule has 0 bridgehead atoms. The van der Waals surface area contributed by atoms with Crippen LogP contribution in [-0.2, 0) is 14.8 Å². The molecule has 1 aliphatic rings. The van der Waals surface area contributed by atoms with Crippen LogP contribution in [0.25, 0.3) is 0 Å². The van der Waals surface area contributed by atoms with E-state index < -0.39 is 10.0 Å². The third kappa shape index (κ3) is 6.56. The molecule has 1 saturated heterocycles. The molecule has 142 valence electrons. The van der Waals surface area contributed by atoms with Gasteiger partial charge in [-0.1, -0.05) is 6.92 Å². The van der Waals surface area contributed by atoms with Gasteiger partial charge in [-0.15, -0.1) is 12.4 Å². The lowest BCUT2D eigenvalue weighted by Gasteiger charge is -2.26. The van der Waals surface area contributed by atoms with Crippen molar-refractivity contribution in [3.8, 4) is 0 Å². The average Bonchev–Trinajstić information content (AvgIpc) is 2.62. The second-order valence-electron chi connectivity index (χ2n) is 5.58. The van der Waals surface area contributed by atoms with Crippen LogP contribution in [0.4, 0.5) is 0 Å². The van der Waals surface area contributed by atoms with Crippen molar-refractivity contribution >= 4 is 28.3 Å². The molecule has 7 nitrogen and oxygen atoms in total. The van der Waals surface area contributed by atoms with Gasteiger partial charge in [-0.25, -0.2) is 13.1 Å². The van der Waals surface area contributed by atoms with Crippen molar-refractivity contribution in [3.05, 3.63) is 29.8 Å². The van der Waals surface area contributed by atoms with Gasteiger partial charge in [0.2, 0.25) is 10.0 Å². The van der Waals surface area contributed by atoms with Gasteiger partial charge in [0.15, 0.2) is 0 Å². The first-order chi connectivity index (χ1) is 11.5. The van der Waals surface area contributed by atoms with Gasteiger partial charge in [-0.05, 0) is 37.2 Å². The quantitative estimate of drug-likeness (QED) is 0.642. The number of carbonyl (C=O) groups excluding carboxylic acids is 1. The summed E-state index contributed by atoms with van der Waals surface area (Å²) >= 11 is 0. The predicted octanol–water partition coefficient (Wildman–Crippen LogP) is 0.859. The van der Waals surface area contributed by atoms with E-state index in [4.69, 9.17) is 4.74 Å². The van der Waals surface area contributed by atoms with E-state index in [1.165, 1.54) is 12.1 Å². The van der Waals surface area contributed by atoms with Crippen LogP contribution in [0.15, 0.2) is 29.2 Å². The third-order valence-electron chi connectivity index (χ3n) is 3.73. The Kier molecular flexibility index (Phi) is 9.37. The molecule has 0 spiro atoms. The summed E-state index contributed by atoms with van der Waals surface area (Å²) < 4.78 is 32.2. The minimum atomic E-state index is -3.55. The molecule has 25 heavy (non-hydrogen) atoms. The van der Waals surface area contributed by atoms with Crippen molar-refractivity contribution < 1.29 is 17.9 Å². The first kappa shape index (κ1) is 21.9. The lowest BCUT2D eigenvalue weighted by atomic mass is 10.2. The molecule has 0 radical (unpaired) electrons. The Morgan fingerprint density at radius 1 is 1.12 bits per heavy atom. The van der Waals surface area contributed by atoms with Gasteiger partial charge in [0, 0.05) is 31.7 Å². The molecule has 0 aromatic heterocycles. The van der Waals surface area contributed by atoms with Crippen LogP contribution in [0, 0.1) is 0 Å². The fourth-order valence-corrected chi connectivity index (χ4v) is 3.42. The molecule has 1 aromatic carbocycles. The number of morpholine rings is 1. The summed E-state index contributed by atoms with van der Waals surface area (Å²) in [4.78, 5) is 14.2. The number of nitrogens with one attached hydrogen (secondary N) is 2. The van der Waals surface area contributed by atoms with Crippen LogP contribution in [-0.4, -0.2) is 65.2 Å². The van der Waals surface area contributed by atoms with Crippen LogP contribution in [0.1, 0.15) is 23.7 Å². The van der Waals surface area contributed by atoms with E-state index in [0.717, 1.165) is 13.0 Å². The average molecular weight is 392 g/mol. The molecule has 9 heteroatoms. The Hall–Kier alpha value is -1.19. The van der Waals surface area contributed by atoms with Crippen LogP contribution in [0.3, 0.4) is 0 Å². The van der Waals surface area contributed by atoms with Crippen LogP contribution >= 0.6 is 12.4 Å². The Labute approximate surface area is 155 Å². The molecule has 0 atom stereocenters. The molecule has 0 saturated carbocycles. The number of halogens is 1. The Balaban J connectivity index is 0.00000312. The number of carbonyl (C=O) groups is 1. The van der Waals surface area contributed by atoms with Gasteiger partial charge >= 0.3 is 0 Å². The molecular weight excluding hydrogens is 366 g/mol. The SMILES string of the molecule is CCCNCCNS(=O)(=O)c1ccc(C(=O)N2CCOCC2)cc1.Cl. The summed E-state index contributed by atoms with van der Waals surface area (Å²) in [6.45, 7) is 6.02. The fourth-order valence-electron chi connectivity index (χ4n) is 2.38. The summed E-state index contributed by atoms with van der Waals surface area (Å²) in [5, 5.41) is 3.13. The molecule has 1 amide bonds. The van der Waals surface area contributed by atoms with Gasteiger partial charge in [-0.3, -0.25) is 4.79 Å². The molecule has 1 fully saturated rings. The van der Waals surface area contributed by atoms with Crippen molar-refractivity contribution in [2.45, 2.75) is 18.2 Å². The minimum absolute atomic E-state index is 0. The lowest BCUT2D eigenvalue weighted by molar-refractivity contribution is 0.0303. The maximum Gasteiger partial charge on any atom is 0.254 e. The maximum absolute atomic E-state index is 12.3. The summed E-state index contributed by atoms with van der Waals surface area (Å²) in [6, 6.07) is 6.05.